The van der Waals surface area contributed by atoms with Gasteiger partial charge >= 0.3 is 12.1 Å². The number of carbonyl (C=O) groups is 2. The second-order valence-electron chi connectivity index (χ2n) is 6.82. The summed E-state index contributed by atoms with van der Waals surface area (Å²) in [7, 11) is 0. The van der Waals surface area contributed by atoms with Crippen LogP contribution in [0.4, 0.5) is 4.79 Å². The molecule has 3 N–H and O–H groups in total. The van der Waals surface area contributed by atoms with Crippen molar-refractivity contribution in [1.29, 1.82) is 0 Å². The highest BCUT2D eigenvalue weighted by atomic mass is 16.6. The average molecular weight is 342 g/mol. The third-order valence-corrected chi connectivity index (χ3v) is 3.80. The molecule has 0 bridgehead atoms. The Kier molecular flexibility index (Phi) is 5.24. The topological polar surface area (TPSA) is 109 Å². The lowest BCUT2D eigenvalue weighted by Gasteiger charge is -2.42. The molecule has 9 nitrogen and oxygen atoms in total. The zero-order valence-corrected chi connectivity index (χ0v) is 14.6. The van der Waals surface area contributed by atoms with Gasteiger partial charge in [-0.3, -0.25) is 9.91 Å². The molecule has 1 fully saturated rings. The van der Waals surface area contributed by atoms with Gasteiger partial charge in [-0.25, -0.2) is 15.4 Å². The molecule has 2 aliphatic rings. The number of amides is 1. The molecule has 136 valence electrons. The Hall–Kier alpha value is -2.00. The van der Waals surface area contributed by atoms with Gasteiger partial charge in [0.05, 0.1) is 12.6 Å². The summed E-state index contributed by atoms with van der Waals surface area (Å²) in [5, 5.41) is 10.4. The number of hydrogen-bond donors (Lipinski definition) is 2. The standard InChI is InChI=1S/C15H26N4O5/c1-5-17-9-11(12(20)21)19(16)13(17)18(8-10-6-7-23-10)14(22)24-15(2,3)4/h9-10,13H,5-8,16H2,1-4H3,(H,20,21). The fourth-order valence-electron chi connectivity index (χ4n) is 2.56. The van der Waals surface area contributed by atoms with Crippen LogP contribution >= 0.6 is 0 Å². The molecule has 1 saturated heterocycles. The minimum absolute atomic E-state index is 0.0788. The SMILES string of the molecule is CCN1C=C(C(=O)O)N(N)C1N(CC1CCO1)C(=O)OC(C)(C)C. The van der Waals surface area contributed by atoms with Gasteiger partial charge in [-0.2, -0.15) is 0 Å². The predicted molar refractivity (Wildman–Crippen MR) is 85.2 cm³/mol. The monoisotopic (exact) mass is 342 g/mol. The van der Waals surface area contributed by atoms with Crippen LogP contribution in [0.1, 0.15) is 34.1 Å². The van der Waals surface area contributed by atoms with Crippen molar-refractivity contribution < 1.29 is 24.2 Å². The summed E-state index contributed by atoms with van der Waals surface area (Å²) in [6.07, 6.45) is 0.851. The largest absolute Gasteiger partial charge is 0.476 e. The summed E-state index contributed by atoms with van der Waals surface area (Å²) in [6.45, 7) is 8.60. The van der Waals surface area contributed by atoms with E-state index in [1.807, 2.05) is 6.92 Å². The Morgan fingerprint density at radius 1 is 1.50 bits per heavy atom. The van der Waals surface area contributed by atoms with Crippen molar-refractivity contribution in [3.8, 4) is 0 Å². The van der Waals surface area contributed by atoms with Crippen molar-refractivity contribution in [3.05, 3.63) is 11.9 Å². The Bertz CT molecular complexity index is 526. The van der Waals surface area contributed by atoms with E-state index in [2.05, 4.69) is 0 Å². The first-order chi connectivity index (χ1) is 11.1. The maximum atomic E-state index is 12.7. The first-order valence-electron chi connectivity index (χ1n) is 8.00. The molecule has 2 unspecified atom stereocenters. The molecule has 0 aromatic heterocycles. The predicted octanol–water partition coefficient (Wildman–Crippen LogP) is 0.733. The lowest BCUT2D eigenvalue weighted by atomic mass is 10.2. The van der Waals surface area contributed by atoms with Crippen molar-refractivity contribution in [2.24, 2.45) is 5.84 Å². The molecule has 0 radical (unpaired) electrons. The highest BCUT2D eigenvalue weighted by Gasteiger charge is 2.42. The third kappa shape index (κ3) is 3.90. The van der Waals surface area contributed by atoms with Crippen LogP contribution < -0.4 is 5.84 Å². The zero-order chi connectivity index (χ0) is 18.1. The van der Waals surface area contributed by atoms with E-state index >= 15 is 0 Å². The molecule has 24 heavy (non-hydrogen) atoms. The van der Waals surface area contributed by atoms with Crippen LogP contribution in [0.2, 0.25) is 0 Å². The molecule has 2 aliphatic heterocycles. The van der Waals surface area contributed by atoms with E-state index in [1.165, 1.54) is 11.1 Å². The molecule has 0 aromatic rings. The van der Waals surface area contributed by atoms with Gasteiger partial charge in [-0.15, -0.1) is 0 Å². The van der Waals surface area contributed by atoms with Crippen LogP contribution in [0.3, 0.4) is 0 Å². The van der Waals surface area contributed by atoms with Gasteiger partial charge in [-0.05, 0) is 34.1 Å². The molecule has 2 rings (SSSR count). The number of aliphatic carboxylic acids is 1. The van der Waals surface area contributed by atoms with E-state index in [9.17, 15) is 14.7 Å². The smallest absolute Gasteiger partial charge is 0.413 e. The van der Waals surface area contributed by atoms with Crippen molar-refractivity contribution in [2.45, 2.75) is 52.1 Å². The number of rotatable bonds is 5. The minimum atomic E-state index is -1.15. The Morgan fingerprint density at radius 3 is 2.54 bits per heavy atom. The number of nitrogens with zero attached hydrogens (tertiary/aromatic N) is 3. The number of hydrogen-bond acceptors (Lipinski definition) is 7. The maximum Gasteiger partial charge on any atom is 0.413 e. The first kappa shape index (κ1) is 18.3. The lowest BCUT2D eigenvalue weighted by Crippen LogP contribution is -2.60. The molecule has 0 saturated carbocycles. The van der Waals surface area contributed by atoms with Crippen molar-refractivity contribution in [3.63, 3.8) is 0 Å². The summed E-state index contributed by atoms with van der Waals surface area (Å²) in [6, 6.07) is 0. The third-order valence-electron chi connectivity index (χ3n) is 3.80. The van der Waals surface area contributed by atoms with Gasteiger partial charge in [-0.1, -0.05) is 0 Å². The van der Waals surface area contributed by atoms with Crippen LogP contribution in [0.5, 0.6) is 0 Å². The summed E-state index contributed by atoms with van der Waals surface area (Å²) in [5.41, 5.74) is -0.751. The van der Waals surface area contributed by atoms with Gasteiger partial charge in [0.2, 0.25) is 0 Å². The number of ether oxygens (including phenoxy) is 2. The Balaban J connectivity index is 2.24. The molecule has 1 amide bonds. The van der Waals surface area contributed by atoms with E-state index in [0.717, 1.165) is 11.4 Å². The van der Waals surface area contributed by atoms with E-state index < -0.39 is 24.0 Å². The Labute approximate surface area is 141 Å². The van der Waals surface area contributed by atoms with Gasteiger partial charge < -0.3 is 19.5 Å². The summed E-state index contributed by atoms with van der Waals surface area (Å²) in [5.74, 6) is 4.83. The first-order valence-corrected chi connectivity index (χ1v) is 8.00. The summed E-state index contributed by atoms with van der Waals surface area (Å²) >= 11 is 0. The number of carboxylic acid groups (broad SMARTS) is 1. The zero-order valence-electron chi connectivity index (χ0n) is 14.6. The molecule has 0 spiro atoms. The normalized spacial score (nSPS) is 23.6. The van der Waals surface area contributed by atoms with Crippen molar-refractivity contribution in [1.82, 2.24) is 14.8 Å². The van der Waals surface area contributed by atoms with Gasteiger partial charge in [0, 0.05) is 19.4 Å². The van der Waals surface area contributed by atoms with E-state index in [0.29, 0.717) is 13.2 Å². The van der Waals surface area contributed by atoms with Crippen LogP contribution in [0.15, 0.2) is 11.9 Å². The number of carboxylic acids is 1. The highest BCUT2D eigenvalue weighted by Crippen LogP contribution is 2.26. The van der Waals surface area contributed by atoms with Crippen molar-refractivity contribution in [2.75, 3.05) is 19.7 Å². The molecule has 2 atom stereocenters. The number of carbonyl (C=O) groups excluding carboxylic acids is 1. The summed E-state index contributed by atoms with van der Waals surface area (Å²) in [4.78, 5) is 27.1. The van der Waals surface area contributed by atoms with E-state index in [4.69, 9.17) is 15.3 Å². The number of hydrazine groups is 1. The minimum Gasteiger partial charge on any atom is -0.476 e. The molecular formula is C15H26N4O5. The van der Waals surface area contributed by atoms with Gasteiger partial charge in [0.25, 0.3) is 0 Å². The van der Waals surface area contributed by atoms with Crippen molar-refractivity contribution >= 4 is 12.1 Å². The molecule has 2 heterocycles. The number of nitrogens with two attached hydrogens (primary N) is 1. The van der Waals surface area contributed by atoms with Crippen LogP contribution in [0, 0.1) is 0 Å². The van der Waals surface area contributed by atoms with E-state index in [-0.39, 0.29) is 18.3 Å². The van der Waals surface area contributed by atoms with Crippen LogP contribution in [-0.2, 0) is 14.3 Å². The lowest BCUT2D eigenvalue weighted by molar-refractivity contribution is -0.136. The second-order valence-corrected chi connectivity index (χ2v) is 6.82. The molecule has 9 heteroatoms. The quantitative estimate of drug-likeness (QED) is 0.704. The highest BCUT2D eigenvalue weighted by molar-refractivity contribution is 5.86. The Morgan fingerprint density at radius 2 is 2.12 bits per heavy atom. The van der Waals surface area contributed by atoms with Crippen LogP contribution in [0.25, 0.3) is 0 Å². The van der Waals surface area contributed by atoms with Crippen LogP contribution in [-0.4, -0.2) is 69.7 Å². The fourth-order valence-corrected chi connectivity index (χ4v) is 2.56. The van der Waals surface area contributed by atoms with E-state index in [1.54, 1.807) is 25.7 Å². The molecular weight excluding hydrogens is 316 g/mol. The summed E-state index contributed by atoms with van der Waals surface area (Å²) < 4.78 is 10.9. The maximum absolute atomic E-state index is 12.7. The molecule has 0 aliphatic carbocycles. The van der Waals surface area contributed by atoms with Gasteiger partial charge in [0.1, 0.15) is 5.60 Å². The average Bonchev–Trinajstić information content (AvgIpc) is 2.73. The van der Waals surface area contributed by atoms with Gasteiger partial charge in [0.15, 0.2) is 12.0 Å². The second kappa shape index (κ2) is 6.86. The molecule has 0 aromatic carbocycles. The fraction of sp³-hybridized carbons (Fsp3) is 0.733.